The quantitative estimate of drug-likeness (QED) is 0.620. The number of ketones is 1. The standard InChI is InChI=1S/C25H28O4/c1-16(2)5-4-6-17(3)7-8-19-13-18(9-12-23(19)27)22-15-29-24-14-20(26)10-11-21(24)25(22)28/h5,7,9-14,22,26-27H,4,6,8,15H2,1-3H3/b17-7+. The Hall–Kier alpha value is -3.01. The second-order valence-electron chi connectivity index (χ2n) is 7.87. The van der Waals surface area contributed by atoms with Crippen molar-refractivity contribution in [3.8, 4) is 17.2 Å². The molecule has 4 heteroatoms. The summed E-state index contributed by atoms with van der Waals surface area (Å²) in [5, 5.41) is 19.8. The zero-order chi connectivity index (χ0) is 21.0. The van der Waals surface area contributed by atoms with Crippen molar-refractivity contribution in [3.05, 3.63) is 76.4 Å². The molecule has 0 fully saturated rings. The lowest BCUT2D eigenvalue weighted by atomic mass is 9.87. The van der Waals surface area contributed by atoms with Crippen LogP contribution in [-0.4, -0.2) is 22.6 Å². The van der Waals surface area contributed by atoms with Crippen LogP contribution in [0.15, 0.2) is 59.7 Å². The third-order valence-electron chi connectivity index (χ3n) is 5.22. The third-order valence-corrected chi connectivity index (χ3v) is 5.22. The number of phenolic OH excluding ortho intramolecular Hbond substituents is 2. The summed E-state index contributed by atoms with van der Waals surface area (Å²) < 4.78 is 5.71. The van der Waals surface area contributed by atoms with E-state index < -0.39 is 5.92 Å². The van der Waals surface area contributed by atoms with Crippen LogP contribution in [-0.2, 0) is 6.42 Å². The molecule has 152 valence electrons. The molecule has 0 radical (unpaired) electrons. The molecule has 1 heterocycles. The van der Waals surface area contributed by atoms with E-state index in [1.54, 1.807) is 18.2 Å². The summed E-state index contributed by atoms with van der Waals surface area (Å²) in [6, 6.07) is 9.88. The summed E-state index contributed by atoms with van der Waals surface area (Å²) in [5.41, 5.74) is 4.70. The van der Waals surface area contributed by atoms with Gasteiger partial charge in [-0.1, -0.05) is 35.4 Å². The SMILES string of the molecule is CC(C)=CCC/C(C)=C/Cc1cc(C2COc3cc(O)ccc3C2=O)ccc1O. The number of hydrogen-bond acceptors (Lipinski definition) is 4. The number of fused-ring (bicyclic) bond motifs is 1. The van der Waals surface area contributed by atoms with Crippen LogP contribution < -0.4 is 4.74 Å². The van der Waals surface area contributed by atoms with Crippen LogP contribution in [0.4, 0.5) is 0 Å². The maximum absolute atomic E-state index is 12.9. The number of aromatic hydroxyl groups is 2. The Morgan fingerprint density at radius 3 is 2.66 bits per heavy atom. The van der Waals surface area contributed by atoms with E-state index in [0.717, 1.165) is 24.0 Å². The topological polar surface area (TPSA) is 66.8 Å². The van der Waals surface area contributed by atoms with Gasteiger partial charge in [-0.2, -0.15) is 0 Å². The summed E-state index contributed by atoms with van der Waals surface area (Å²) in [6.07, 6.45) is 6.98. The average molecular weight is 392 g/mol. The monoisotopic (exact) mass is 392 g/mol. The molecule has 1 aliphatic heterocycles. The Morgan fingerprint density at radius 2 is 1.90 bits per heavy atom. The Kier molecular flexibility index (Phi) is 6.42. The molecule has 2 aromatic rings. The van der Waals surface area contributed by atoms with Gasteiger partial charge in [-0.25, -0.2) is 0 Å². The van der Waals surface area contributed by atoms with Crippen LogP contribution >= 0.6 is 0 Å². The predicted octanol–water partition coefficient (Wildman–Crippen LogP) is 5.69. The zero-order valence-electron chi connectivity index (χ0n) is 17.2. The van der Waals surface area contributed by atoms with Gasteiger partial charge in [0.1, 0.15) is 23.9 Å². The predicted molar refractivity (Wildman–Crippen MR) is 115 cm³/mol. The molecule has 2 N–H and O–H groups in total. The summed E-state index contributed by atoms with van der Waals surface area (Å²) in [7, 11) is 0. The van der Waals surface area contributed by atoms with Gasteiger partial charge in [0.15, 0.2) is 5.78 Å². The minimum atomic E-state index is -0.422. The number of carbonyl (C=O) groups excluding carboxylic acids is 1. The molecule has 0 spiro atoms. The number of Topliss-reactive ketones (excluding diaryl/α,β-unsaturated/α-hetero) is 1. The molecule has 1 aliphatic rings. The van der Waals surface area contributed by atoms with E-state index >= 15 is 0 Å². The third kappa shape index (κ3) is 5.08. The second kappa shape index (κ2) is 8.99. The van der Waals surface area contributed by atoms with Gasteiger partial charge >= 0.3 is 0 Å². The van der Waals surface area contributed by atoms with Gasteiger partial charge in [0.2, 0.25) is 0 Å². The summed E-state index contributed by atoms with van der Waals surface area (Å²) in [4.78, 5) is 12.9. The van der Waals surface area contributed by atoms with Crippen LogP contribution in [0.5, 0.6) is 17.2 Å². The maximum Gasteiger partial charge on any atom is 0.177 e. The van der Waals surface area contributed by atoms with Crippen molar-refractivity contribution >= 4 is 5.78 Å². The lowest BCUT2D eigenvalue weighted by Gasteiger charge is -2.25. The fourth-order valence-electron chi connectivity index (χ4n) is 3.48. The number of benzene rings is 2. The van der Waals surface area contributed by atoms with Gasteiger partial charge in [0.25, 0.3) is 0 Å². The molecule has 0 aliphatic carbocycles. The first-order valence-corrected chi connectivity index (χ1v) is 9.96. The largest absolute Gasteiger partial charge is 0.508 e. The Balaban J connectivity index is 1.76. The van der Waals surface area contributed by atoms with Crippen LogP contribution in [0.3, 0.4) is 0 Å². The van der Waals surface area contributed by atoms with Crippen molar-refractivity contribution in [2.45, 2.75) is 46.0 Å². The van der Waals surface area contributed by atoms with Gasteiger partial charge in [0, 0.05) is 6.07 Å². The Morgan fingerprint density at radius 1 is 1.10 bits per heavy atom. The fraction of sp³-hybridized carbons (Fsp3) is 0.320. The molecule has 0 saturated carbocycles. The Labute approximate surface area is 172 Å². The zero-order valence-corrected chi connectivity index (χ0v) is 17.2. The summed E-state index contributed by atoms with van der Waals surface area (Å²) in [5.74, 6) is 0.274. The highest BCUT2D eigenvalue weighted by atomic mass is 16.5. The summed E-state index contributed by atoms with van der Waals surface area (Å²) in [6.45, 7) is 6.52. The molecule has 4 nitrogen and oxygen atoms in total. The lowest BCUT2D eigenvalue weighted by Crippen LogP contribution is -2.26. The smallest absolute Gasteiger partial charge is 0.177 e. The van der Waals surface area contributed by atoms with Crippen LogP contribution in [0.25, 0.3) is 0 Å². The molecular formula is C25H28O4. The van der Waals surface area contributed by atoms with Crippen LogP contribution in [0.2, 0.25) is 0 Å². The molecule has 29 heavy (non-hydrogen) atoms. The van der Waals surface area contributed by atoms with Crippen molar-refractivity contribution < 1.29 is 19.7 Å². The molecule has 1 unspecified atom stereocenters. The minimum Gasteiger partial charge on any atom is -0.508 e. The normalized spacial score (nSPS) is 16.2. The number of carbonyl (C=O) groups is 1. The van der Waals surface area contributed by atoms with E-state index in [2.05, 4.69) is 32.9 Å². The highest BCUT2D eigenvalue weighted by molar-refractivity contribution is 6.04. The minimum absolute atomic E-state index is 0.0312. The molecule has 1 atom stereocenters. The maximum atomic E-state index is 12.9. The van der Waals surface area contributed by atoms with Crippen molar-refractivity contribution in [1.82, 2.24) is 0 Å². The second-order valence-corrected chi connectivity index (χ2v) is 7.87. The van der Waals surface area contributed by atoms with E-state index in [1.165, 1.54) is 23.3 Å². The number of ether oxygens (including phenoxy) is 1. The van der Waals surface area contributed by atoms with Gasteiger partial charge in [0.05, 0.1) is 11.5 Å². The number of rotatable bonds is 6. The molecule has 3 rings (SSSR count). The molecule has 0 saturated heterocycles. The first kappa shape index (κ1) is 20.7. The number of hydrogen-bond donors (Lipinski definition) is 2. The molecular weight excluding hydrogens is 364 g/mol. The van der Waals surface area contributed by atoms with E-state index in [1.807, 2.05) is 6.07 Å². The fourth-order valence-corrected chi connectivity index (χ4v) is 3.48. The van der Waals surface area contributed by atoms with Crippen molar-refractivity contribution in [3.63, 3.8) is 0 Å². The van der Waals surface area contributed by atoms with Crippen molar-refractivity contribution in [2.24, 2.45) is 0 Å². The number of phenols is 2. The molecule has 2 aromatic carbocycles. The highest BCUT2D eigenvalue weighted by Gasteiger charge is 2.30. The van der Waals surface area contributed by atoms with E-state index in [9.17, 15) is 15.0 Å². The van der Waals surface area contributed by atoms with Crippen LogP contribution in [0, 0.1) is 0 Å². The van der Waals surface area contributed by atoms with E-state index in [0.29, 0.717) is 17.7 Å². The average Bonchev–Trinajstić information content (AvgIpc) is 2.67. The first-order chi connectivity index (χ1) is 13.8. The van der Waals surface area contributed by atoms with Crippen molar-refractivity contribution in [2.75, 3.05) is 6.61 Å². The Bertz CT molecular complexity index is 965. The molecule has 0 amide bonds. The van der Waals surface area contributed by atoms with Gasteiger partial charge in [-0.3, -0.25) is 4.79 Å². The van der Waals surface area contributed by atoms with E-state index in [-0.39, 0.29) is 23.9 Å². The molecule has 0 aromatic heterocycles. The van der Waals surface area contributed by atoms with Gasteiger partial charge < -0.3 is 14.9 Å². The van der Waals surface area contributed by atoms with Crippen LogP contribution in [0.1, 0.15) is 61.0 Å². The molecule has 0 bridgehead atoms. The highest BCUT2D eigenvalue weighted by Crippen LogP contribution is 2.35. The first-order valence-electron chi connectivity index (χ1n) is 9.96. The number of allylic oxidation sites excluding steroid dienone is 4. The van der Waals surface area contributed by atoms with Gasteiger partial charge in [-0.15, -0.1) is 0 Å². The lowest BCUT2D eigenvalue weighted by molar-refractivity contribution is 0.0896. The van der Waals surface area contributed by atoms with E-state index in [4.69, 9.17) is 4.74 Å². The summed E-state index contributed by atoms with van der Waals surface area (Å²) >= 11 is 0. The van der Waals surface area contributed by atoms with Crippen molar-refractivity contribution in [1.29, 1.82) is 0 Å². The van der Waals surface area contributed by atoms with Gasteiger partial charge in [-0.05, 0) is 69.4 Å².